The summed E-state index contributed by atoms with van der Waals surface area (Å²) in [6, 6.07) is 13.9. The molecule has 0 radical (unpaired) electrons. The van der Waals surface area contributed by atoms with Crippen molar-refractivity contribution in [1.29, 1.82) is 0 Å². The second-order valence-electron chi connectivity index (χ2n) is 8.83. The van der Waals surface area contributed by atoms with Gasteiger partial charge in [0.15, 0.2) is 5.82 Å². The number of ether oxygens (including phenoxy) is 1. The van der Waals surface area contributed by atoms with Crippen LogP contribution in [0.5, 0.6) is 5.75 Å². The second-order valence-corrected chi connectivity index (χ2v) is 8.83. The molecule has 1 amide bonds. The number of benzene rings is 2. The molecule has 0 unspecified atom stereocenters. The van der Waals surface area contributed by atoms with Crippen LogP contribution in [0.15, 0.2) is 47.0 Å². The molecule has 6 heteroatoms. The number of anilines is 1. The first-order chi connectivity index (χ1) is 15.5. The van der Waals surface area contributed by atoms with Crippen molar-refractivity contribution in [1.82, 2.24) is 10.1 Å². The van der Waals surface area contributed by atoms with Gasteiger partial charge in [-0.15, -0.1) is 0 Å². The Bertz CT molecular complexity index is 1070. The number of carbonyl (C=O) groups is 1. The highest BCUT2D eigenvalue weighted by molar-refractivity contribution is 5.95. The maximum atomic E-state index is 12.8. The highest BCUT2D eigenvalue weighted by Crippen LogP contribution is 2.31. The van der Waals surface area contributed by atoms with Crippen LogP contribution >= 0.6 is 0 Å². The largest absolute Gasteiger partial charge is 0.490 e. The Hall–Kier alpha value is -3.15. The minimum absolute atomic E-state index is 0.0498. The summed E-state index contributed by atoms with van der Waals surface area (Å²) < 4.78 is 11.6. The van der Waals surface area contributed by atoms with E-state index < -0.39 is 0 Å². The molecule has 6 nitrogen and oxygen atoms in total. The SMILES string of the molecule is Cc1cccc(-c2nc(C(C)C)no2)c1NC(=O)CCc1cccc(OC2CCCC2)c1. The molecular formula is C26H31N3O3. The standard InChI is InChI=1S/C26H31N3O3/c1-17(2)25-28-26(32-29-25)22-13-6-8-18(3)24(22)27-23(30)15-14-19-9-7-12-21(16-19)31-20-10-4-5-11-20/h6-9,12-13,16-17,20H,4-5,10-11,14-15H2,1-3H3,(H,27,30). The van der Waals surface area contributed by atoms with Crippen LogP contribution in [0.4, 0.5) is 5.69 Å². The van der Waals surface area contributed by atoms with E-state index in [0.29, 0.717) is 30.7 Å². The number of para-hydroxylation sites is 1. The van der Waals surface area contributed by atoms with E-state index >= 15 is 0 Å². The molecule has 2 aromatic carbocycles. The van der Waals surface area contributed by atoms with Gasteiger partial charge in [0, 0.05) is 12.3 Å². The number of hydrogen-bond donors (Lipinski definition) is 1. The number of nitrogens with one attached hydrogen (secondary N) is 1. The van der Waals surface area contributed by atoms with Crippen molar-refractivity contribution in [2.45, 2.75) is 71.3 Å². The maximum absolute atomic E-state index is 12.8. The fourth-order valence-corrected chi connectivity index (χ4v) is 4.02. The molecule has 32 heavy (non-hydrogen) atoms. The predicted octanol–water partition coefficient (Wildman–Crippen LogP) is 6.06. The Labute approximate surface area is 189 Å². The van der Waals surface area contributed by atoms with Crippen LogP contribution in [0.3, 0.4) is 0 Å². The predicted molar refractivity (Wildman–Crippen MR) is 125 cm³/mol. The Morgan fingerprint density at radius 1 is 1.19 bits per heavy atom. The van der Waals surface area contributed by atoms with Gasteiger partial charge in [0.1, 0.15) is 5.75 Å². The molecule has 4 rings (SSSR count). The molecule has 0 aliphatic heterocycles. The first-order valence-corrected chi connectivity index (χ1v) is 11.5. The summed E-state index contributed by atoms with van der Waals surface area (Å²) in [5.41, 5.74) is 3.51. The van der Waals surface area contributed by atoms with Crippen molar-refractivity contribution >= 4 is 11.6 Å². The summed E-state index contributed by atoms with van der Waals surface area (Å²) in [5, 5.41) is 7.11. The lowest BCUT2D eigenvalue weighted by atomic mass is 10.1. The average molecular weight is 434 g/mol. The lowest BCUT2D eigenvalue weighted by Crippen LogP contribution is -2.14. The highest BCUT2D eigenvalue weighted by atomic mass is 16.5. The minimum atomic E-state index is -0.0498. The monoisotopic (exact) mass is 433 g/mol. The van der Waals surface area contributed by atoms with Gasteiger partial charge in [0.2, 0.25) is 5.91 Å². The van der Waals surface area contributed by atoms with Gasteiger partial charge in [-0.25, -0.2) is 0 Å². The molecule has 1 aliphatic rings. The molecule has 0 saturated heterocycles. The van der Waals surface area contributed by atoms with Crippen molar-refractivity contribution in [3.05, 3.63) is 59.4 Å². The summed E-state index contributed by atoms with van der Waals surface area (Å²) in [4.78, 5) is 17.3. The molecule has 1 aliphatic carbocycles. The summed E-state index contributed by atoms with van der Waals surface area (Å²) in [7, 11) is 0. The third-order valence-electron chi connectivity index (χ3n) is 5.87. The van der Waals surface area contributed by atoms with Gasteiger partial charge in [-0.3, -0.25) is 4.79 Å². The third-order valence-corrected chi connectivity index (χ3v) is 5.87. The lowest BCUT2D eigenvalue weighted by Gasteiger charge is -2.14. The molecule has 1 N–H and O–H groups in total. The number of carbonyl (C=O) groups excluding carboxylic acids is 1. The number of aryl methyl sites for hydroxylation is 2. The first-order valence-electron chi connectivity index (χ1n) is 11.5. The number of rotatable bonds is 8. The van der Waals surface area contributed by atoms with Crippen LogP contribution in [-0.4, -0.2) is 22.2 Å². The van der Waals surface area contributed by atoms with Gasteiger partial charge in [-0.2, -0.15) is 4.98 Å². The Kier molecular flexibility index (Phi) is 6.88. The molecule has 168 valence electrons. The topological polar surface area (TPSA) is 77.3 Å². The number of hydrogen-bond acceptors (Lipinski definition) is 5. The van der Waals surface area contributed by atoms with Gasteiger partial charge < -0.3 is 14.6 Å². The van der Waals surface area contributed by atoms with Crippen molar-refractivity contribution in [2.24, 2.45) is 0 Å². The summed E-state index contributed by atoms with van der Waals surface area (Å²) in [6.45, 7) is 5.99. The van der Waals surface area contributed by atoms with Gasteiger partial charge in [-0.1, -0.05) is 43.3 Å². The summed E-state index contributed by atoms with van der Waals surface area (Å²) in [6.07, 6.45) is 6.10. The number of aromatic nitrogens is 2. The van der Waals surface area contributed by atoms with Crippen LogP contribution in [0.1, 0.15) is 68.8 Å². The normalized spacial score (nSPS) is 14.1. The van der Waals surface area contributed by atoms with Crippen LogP contribution in [0, 0.1) is 6.92 Å². The van der Waals surface area contributed by atoms with E-state index in [4.69, 9.17) is 9.26 Å². The molecule has 1 aromatic heterocycles. The average Bonchev–Trinajstić information content (AvgIpc) is 3.46. The van der Waals surface area contributed by atoms with Crippen molar-refractivity contribution < 1.29 is 14.1 Å². The zero-order chi connectivity index (χ0) is 22.5. The Balaban J connectivity index is 1.41. The fourth-order valence-electron chi connectivity index (χ4n) is 4.02. The smallest absolute Gasteiger partial charge is 0.260 e. The molecule has 1 fully saturated rings. The van der Waals surface area contributed by atoms with Crippen LogP contribution in [-0.2, 0) is 11.2 Å². The molecular weight excluding hydrogens is 402 g/mol. The summed E-state index contributed by atoms with van der Waals surface area (Å²) >= 11 is 0. The van der Waals surface area contributed by atoms with Crippen molar-refractivity contribution in [3.63, 3.8) is 0 Å². The van der Waals surface area contributed by atoms with E-state index in [2.05, 4.69) is 21.5 Å². The summed E-state index contributed by atoms with van der Waals surface area (Å²) in [5.74, 6) is 2.09. The Morgan fingerprint density at radius 3 is 2.72 bits per heavy atom. The fraction of sp³-hybridized carbons (Fsp3) is 0.423. The molecule has 0 atom stereocenters. The second kappa shape index (κ2) is 9.98. The van der Waals surface area contributed by atoms with Crippen LogP contribution < -0.4 is 10.1 Å². The maximum Gasteiger partial charge on any atom is 0.260 e. The van der Waals surface area contributed by atoms with Crippen molar-refractivity contribution in [3.8, 4) is 17.2 Å². The molecule has 0 bridgehead atoms. The van der Waals surface area contributed by atoms with E-state index in [1.54, 1.807) is 0 Å². The number of amides is 1. The van der Waals surface area contributed by atoms with E-state index in [1.807, 2.05) is 57.2 Å². The number of nitrogens with zero attached hydrogens (tertiary/aromatic N) is 2. The van der Waals surface area contributed by atoms with E-state index in [0.717, 1.165) is 41.0 Å². The quantitative estimate of drug-likeness (QED) is 0.467. The van der Waals surface area contributed by atoms with E-state index in [1.165, 1.54) is 12.8 Å². The molecule has 1 saturated carbocycles. The molecule has 3 aromatic rings. The highest BCUT2D eigenvalue weighted by Gasteiger charge is 2.18. The van der Waals surface area contributed by atoms with Gasteiger partial charge in [0.25, 0.3) is 5.89 Å². The van der Waals surface area contributed by atoms with Gasteiger partial charge in [-0.05, 0) is 68.4 Å². The van der Waals surface area contributed by atoms with E-state index in [-0.39, 0.29) is 11.8 Å². The van der Waals surface area contributed by atoms with Gasteiger partial charge in [0.05, 0.1) is 17.4 Å². The zero-order valence-corrected chi connectivity index (χ0v) is 19.1. The Morgan fingerprint density at radius 2 is 1.97 bits per heavy atom. The van der Waals surface area contributed by atoms with Crippen LogP contribution in [0.2, 0.25) is 0 Å². The third kappa shape index (κ3) is 5.36. The zero-order valence-electron chi connectivity index (χ0n) is 19.1. The molecule has 1 heterocycles. The lowest BCUT2D eigenvalue weighted by molar-refractivity contribution is -0.116. The van der Waals surface area contributed by atoms with E-state index in [9.17, 15) is 4.79 Å². The minimum Gasteiger partial charge on any atom is -0.490 e. The molecule has 0 spiro atoms. The van der Waals surface area contributed by atoms with Gasteiger partial charge >= 0.3 is 0 Å². The first kappa shape index (κ1) is 22.1. The van der Waals surface area contributed by atoms with Crippen molar-refractivity contribution in [2.75, 3.05) is 5.32 Å². The van der Waals surface area contributed by atoms with Crippen LogP contribution in [0.25, 0.3) is 11.5 Å².